The Morgan fingerprint density at radius 1 is 1.16 bits per heavy atom. The predicted octanol–water partition coefficient (Wildman–Crippen LogP) is 1.98. The van der Waals surface area contributed by atoms with E-state index in [1.165, 1.54) is 18.2 Å². The van der Waals surface area contributed by atoms with Gasteiger partial charge in [-0.15, -0.1) is 0 Å². The maximum Gasteiger partial charge on any atom is 0.248 e. The van der Waals surface area contributed by atoms with Crippen molar-refractivity contribution >= 4 is 17.4 Å². The monoisotopic (exact) mass is 425 g/mol. The summed E-state index contributed by atoms with van der Waals surface area (Å²) >= 11 is 0. The summed E-state index contributed by atoms with van der Waals surface area (Å²) in [6.07, 6.45) is 1.76. The molecule has 0 aliphatic carbocycles. The molecule has 0 bridgehead atoms. The van der Waals surface area contributed by atoms with Crippen molar-refractivity contribution in [2.45, 2.75) is 18.6 Å². The minimum absolute atomic E-state index is 0.207. The van der Waals surface area contributed by atoms with Crippen LogP contribution in [0.2, 0.25) is 0 Å². The van der Waals surface area contributed by atoms with Crippen LogP contribution in [0.25, 0.3) is 5.57 Å². The molecule has 162 valence electrons. The van der Waals surface area contributed by atoms with Gasteiger partial charge < -0.3 is 15.0 Å². The number of halogens is 1. The van der Waals surface area contributed by atoms with E-state index in [1.54, 1.807) is 16.4 Å². The van der Waals surface area contributed by atoms with Gasteiger partial charge in [-0.25, -0.2) is 9.87 Å². The number of carbonyl (C=O) groups excluding carboxylic acids is 2. The summed E-state index contributed by atoms with van der Waals surface area (Å²) in [4.78, 5) is 27.2. The van der Waals surface area contributed by atoms with Crippen molar-refractivity contribution in [2.24, 2.45) is 5.92 Å². The molecule has 31 heavy (non-hydrogen) atoms. The van der Waals surface area contributed by atoms with E-state index in [0.29, 0.717) is 25.4 Å². The average molecular weight is 425 g/mol. The fraction of sp³-hybridized carbons (Fsp3) is 0.304. The van der Waals surface area contributed by atoms with Gasteiger partial charge >= 0.3 is 0 Å². The molecule has 0 saturated carbocycles. The molecule has 2 amide bonds. The lowest BCUT2D eigenvalue weighted by Gasteiger charge is -2.36. The smallest absolute Gasteiger partial charge is 0.248 e. The molecule has 2 aromatic carbocycles. The highest BCUT2D eigenvalue weighted by atomic mass is 19.1. The van der Waals surface area contributed by atoms with Crippen LogP contribution in [0.5, 0.6) is 5.75 Å². The number of nitrogens with one attached hydrogen (secondary N) is 2. The third-order valence-electron chi connectivity index (χ3n) is 5.67. The van der Waals surface area contributed by atoms with Crippen LogP contribution in [-0.4, -0.2) is 53.7 Å². The van der Waals surface area contributed by atoms with Gasteiger partial charge in [-0.1, -0.05) is 42.5 Å². The standard InChI is InChI=1S/C23H24FN3O4/c24-17-7-4-8-18(11-17)31-19-12-20(22(28)26-30)21(25-13-19)23(29)27-10-9-16(14-27)15-5-2-1-3-6-15/h1-9,11,19-21,25,30H,10,12-14H2,(H,26,28)/t19-,20-,21-/m0/s1. The zero-order valence-corrected chi connectivity index (χ0v) is 16.8. The minimum atomic E-state index is -0.828. The average Bonchev–Trinajstić information content (AvgIpc) is 3.29. The Kier molecular flexibility index (Phi) is 6.29. The Morgan fingerprint density at radius 2 is 1.97 bits per heavy atom. The highest BCUT2D eigenvalue weighted by molar-refractivity contribution is 5.91. The zero-order chi connectivity index (χ0) is 21.8. The first kappa shape index (κ1) is 21.0. The molecule has 1 fully saturated rings. The molecule has 3 N–H and O–H groups in total. The molecule has 0 radical (unpaired) electrons. The predicted molar refractivity (Wildman–Crippen MR) is 112 cm³/mol. The van der Waals surface area contributed by atoms with Gasteiger partial charge in [0.1, 0.15) is 17.7 Å². The summed E-state index contributed by atoms with van der Waals surface area (Å²) in [6, 6.07) is 14.8. The molecule has 2 aliphatic rings. The molecule has 2 aromatic rings. The Bertz CT molecular complexity index is 982. The minimum Gasteiger partial charge on any atom is -0.489 e. The van der Waals surface area contributed by atoms with Gasteiger partial charge in [0.2, 0.25) is 11.8 Å². The third-order valence-corrected chi connectivity index (χ3v) is 5.67. The molecule has 0 aromatic heterocycles. The summed E-state index contributed by atoms with van der Waals surface area (Å²) in [6.45, 7) is 1.23. The number of hydrogen-bond acceptors (Lipinski definition) is 5. The van der Waals surface area contributed by atoms with E-state index in [2.05, 4.69) is 5.32 Å². The van der Waals surface area contributed by atoms with Crippen LogP contribution in [0.1, 0.15) is 12.0 Å². The first-order valence-corrected chi connectivity index (χ1v) is 10.2. The largest absolute Gasteiger partial charge is 0.489 e. The quantitative estimate of drug-likeness (QED) is 0.504. The summed E-state index contributed by atoms with van der Waals surface area (Å²) in [5, 5.41) is 12.3. The van der Waals surface area contributed by atoms with Crippen molar-refractivity contribution in [3.63, 3.8) is 0 Å². The van der Waals surface area contributed by atoms with E-state index in [0.717, 1.165) is 11.1 Å². The molecular weight excluding hydrogens is 401 g/mol. The summed E-state index contributed by atoms with van der Waals surface area (Å²) in [5.74, 6) is -1.77. The van der Waals surface area contributed by atoms with E-state index < -0.39 is 29.8 Å². The fourth-order valence-electron chi connectivity index (χ4n) is 4.11. The first-order chi connectivity index (χ1) is 15.0. The highest BCUT2D eigenvalue weighted by Crippen LogP contribution is 2.26. The zero-order valence-electron chi connectivity index (χ0n) is 16.8. The van der Waals surface area contributed by atoms with Gasteiger partial charge in [0.25, 0.3) is 0 Å². The van der Waals surface area contributed by atoms with Crippen LogP contribution in [0.3, 0.4) is 0 Å². The molecule has 3 atom stereocenters. The SMILES string of the molecule is O=C(NO)[C@H]1C[C@H](Oc2cccc(F)c2)CN[C@@H]1C(=O)N1CC=C(c2ccccc2)C1. The highest BCUT2D eigenvalue weighted by Gasteiger charge is 2.42. The van der Waals surface area contributed by atoms with Crippen LogP contribution < -0.4 is 15.5 Å². The van der Waals surface area contributed by atoms with Crippen molar-refractivity contribution in [1.29, 1.82) is 0 Å². The van der Waals surface area contributed by atoms with Gasteiger partial charge in [0.15, 0.2) is 0 Å². The lowest BCUT2D eigenvalue weighted by Crippen LogP contribution is -2.60. The molecule has 2 heterocycles. The molecule has 8 heteroatoms. The second-order valence-electron chi connectivity index (χ2n) is 7.72. The second kappa shape index (κ2) is 9.28. The Balaban J connectivity index is 1.43. The van der Waals surface area contributed by atoms with Crippen LogP contribution >= 0.6 is 0 Å². The van der Waals surface area contributed by atoms with Gasteiger partial charge in [-0.2, -0.15) is 0 Å². The van der Waals surface area contributed by atoms with Crippen LogP contribution in [0, 0.1) is 11.7 Å². The lowest BCUT2D eigenvalue weighted by atomic mass is 9.87. The lowest BCUT2D eigenvalue weighted by molar-refractivity contribution is -0.144. The van der Waals surface area contributed by atoms with E-state index in [9.17, 15) is 19.2 Å². The summed E-state index contributed by atoms with van der Waals surface area (Å²) in [7, 11) is 0. The molecule has 1 saturated heterocycles. The van der Waals surface area contributed by atoms with Gasteiger partial charge in [-0.05, 0) is 29.7 Å². The Hall–Kier alpha value is -3.23. The molecular formula is C23H24FN3O4. The molecule has 0 spiro atoms. The van der Waals surface area contributed by atoms with Crippen molar-refractivity contribution < 1.29 is 23.9 Å². The van der Waals surface area contributed by atoms with Gasteiger partial charge in [0.05, 0.1) is 12.0 Å². The van der Waals surface area contributed by atoms with Crippen molar-refractivity contribution in [1.82, 2.24) is 15.7 Å². The molecule has 4 rings (SSSR count). The maximum absolute atomic E-state index is 13.4. The number of nitrogens with zero attached hydrogens (tertiary/aromatic N) is 1. The van der Waals surface area contributed by atoms with Crippen LogP contribution in [0.15, 0.2) is 60.7 Å². The number of hydroxylamine groups is 1. The Labute approximate surface area is 179 Å². The van der Waals surface area contributed by atoms with Crippen molar-refractivity contribution in [3.8, 4) is 5.75 Å². The number of rotatable bonds is 5. The normalized spacial score (nSPS) is 23.2. The van der Waals surface area contributed by atoms with E-state index in [4.69, 9.17) is 4.74 Å². The van der Waals surface area contributed by atoms with E-state index in [1.807, 2.05) is 36.4 Å². The van der Waals surface area contributed by atoms with Crippen LogP contribution in [-0.2, 0) is 9.59 Å². The Morgan fingerprint density at radius 3 is 2.71 bits per heavy atom. The van der Waals surface area contributed by atoms with Crippen molar-refractivity contribution in [2.75, 3.05) is 19.6 Å². The summed E-state index contributed by atoms with van der Waals surface area (Å²) in [5.41, 5.74) is 3.77. The second-order valence-corrected chi connectivity index (χ2v) is 7.72. The number of carbonyl (C=O) groups is 2. The third kappa shape index (κ3) is 4.76. The first-order valence-electron chi connectivity index (χ1n) is 10.2. The van der Waals surface area contributed by atoms with Gasteiger partial charge in [0, 0.05) is 25.7 Å². The van der Waals surface area contributed by atoms with Crippen molar-refractivity contribution in [3.05, 3.63) is 72.1 Å². The van der Waals surface area contributed by atoms with Gasteiger partial charge in [-0.3, -0.25) is 14.8 Å². The van der Waals surface area contributed by atoms with E-state index >= 15 is 0 Å². The molecule has 2 aliphatic heterocycles. The number of benzene rings is 2. The van der Waals surface area contributed by atoms with E-state index in [-0.39, 0.29) is 12.3 Å². The molecule has 7 nitrogen and oxygen atoms in total. The number of amides is 2. The number of hydrogen-bond donors (Lipinski definition) is 3. The summed E-state index contributed by atoms with van der Waals surface area (Å²) < 4.78 is 19.2. The fourth-order valence-corrected chi connectivity index (χ4v) is 4.11. The maximum atomic E-state index is 13.4. The number of piperidine rings is 1. The number of ether oxygens (including phenoxy) is 1. The topological polar surface area (TPSA) is 90.9 Å². The van der Waals surface area contributed by atoms with Crippen LogP contribution in [0.4, 0.5) is 4.39 Å². The molecule has 0 unspecified atom stereocenters.